The highest BCUT2D eigenvalue weighted by atomic mass is 16.5. The van der Waals surface area contributed by atoms with Crippen LogP contribution in [0.15, 0.2) is 12.3 Å². The molecule has 2 aromatic heterocycles. The van der Waals surface area contributed by atoms with Gasteiger partial charge in [-0.25, -0.2) is 4.98 Å². The second-order valence-corrected chi connectivity index (χ2v) is 5.25. The lowest BCUT2D eigenvalue weighted by molar-refractivity contribution is 0.161. The van der Waals surface area contributed by atoms with Crippen LogP contribution in [0.4, 0.5) is 0 Å². The molecule has 110 valence electrons. The van der Waals surface area contributed by atoms with Crippen LogP contribution in [0.5, 0.6) is 0 Å². The molecule has 0 aliphatic heterocycles. The topological polar surface area (TPSA) is 52.0 Å². The van der Waals surface area contributed by atoms with Crippen molar-refractivity contribution in [3.05, 3.63) is 23.5 Å². The van der Waals surface area contributed by atoms with Crippen LogP contribution < -0.4 is 5.32 Å². The number of hydrogen-bond donors (Lipinski definition) is 1. The van der Waals surface area contributed by atoms with Crippen molar-refractivity contribution in [2.24, 2.45) is 7.05 Å². The van der Waals surface area contributed by atoms with Gasteiger partial charge in [-0.3, -0.25) is 4.68 Å². The highest BCUT2D eigenvalue weighted by Crippen LogP contribution is 2.16. The van der Waals surface area contributed by atoms with Gasteiger partial charge in [0.05, 0.1) is 12.3 Å². The molecule has 2 aromatic rings. The van der Waals surface area contributed by atoms with Crippen molar-refractivity contribution in [2.75, 3.05) is 13.7 Å². The smallest absolute Gasteiger partial charge is 0.157 e. The average molecular weight is 276 g/mol. The summed E-state index contributed by atoms with van der Waals surface area (Å²) in [5.41, 5.74) is 3.15. The van der Waals surface area contributed by atoms with Crippen LogP contribution >= 0.6 is 0 Å². The zero-order chi connectivity index (χ0) is 14.5. The number of nitrogens with one attached hydrogen (secondary N) is 1. The molecule has 0 saturated heterocycles. The van der Waals surface area contributed by atoms with Crippen molar-refractivity contribution in [1.82, 2.24) is 20.1 Å². The average Bonchev–Trinajstić information content (AvgIpc) is 2.72. The fourth-order valence-electron chi connectivity index (χ4n) is 2.50. The monoisotopic (exact) mass is 276 g/mol. The van der Waals surface area contributed by atoms with Crippen LogP contribution in [-0.4, -0.2) is 34.5 Å². The third-order valence-corrected chi connectivity index (χ3v) is 3.52. The van der Waals surface area contributed by atoms with Crippen LogP contribution in [0.1, 0.15) is 31.0 Å². The predicted molar refractivity (Wildman–Crippen MR) is 80.7 cm³/mol. The summed E-state index contributed by atoms with van der Waals surface area (Å²) in [6, 6.07) is 2.57. The maximum absolute atomic E-state index is 5.25. The summed E-state index contributed by atoms with van der Waals surface area (Å²) in [7, 11) is 3.67. The molecule has 1 atom stereocenters. The van der Waals surface area contributed by atoms with Gasteiger partial charge in [0.15, 0.2) is 5.65 Å². The third kappa shape index (κ3) is 3.35. The summed E-state index contributed by atoms with van der Waals surface area (Å²) in [5, 5.41) is 9.07. The summed E-state index contributed by atoms with van der Waals surface area (Å²) in [6.45, 7) is 5.77. The maximum atomic E-state index is 5.25. The van der Waals surface area contributed by atoms with E-state index < -0.39 is 0 Å². The zero-order valence-corrected chi connectivity index (χ0v) is 12.8. The zero-order valence-electron chi connectivity index (χ0n) is 12.8. The first-order valence-electron chi connectivity index (χ1n) is 7.16. The summed E-state index contributed by atoms with van der Waals surface area (Å²) >= 11 is 0. The van der Waals surface area contributed by atoms with Crippen LogP contribution in [0.2, 0.25) is 0 Å². The number of methoxy groups -OCH3 is 1. The quantitative estimate of drug-likeness (QED) is 0.842. The Hall–Kier alpha value is -1.46. The highest BCUT2D eigenvalue weighted by Gasteiger charge is 2.09. The molecule has 0 radical (unpaired) electrons. The molecule has 1 unspecified atom stereocenters. The van der Waals surface area contributed by atoms with Crippen molar-refractivity contribution in [2.45, 2.75) is 39.3 Å². The Balaban J connectivity index is 2.07. The fraction of sp³-hybridized carbons (Fsp3) is 0.600. The molecule has 2 heterocycles. The van der Waals surface area contributed by atoms with Crippen LogP contribution in [0.25, 0.3) is 11.0 Å². The van der Waals surface area contributed by atoms with E-state index in [1.54, 1.807) is 7.11 Å². The van der Waals surface area contributed by atoms with E-state index in [1.807, 2.05) is 24.9 Å². The fourth-order valence-corrected chi connectivity index (χ4v) is 2.50. The van der Waals surface area contributed by atoms with E-state index in [0.29, 0.717) is 6.04 Å². The standard InChI is InChI=1S/C15H24N4O/c1-5-6-13(10-20-4)16-8-12-7-14-11(2)18-19(3)15(14)17-9-12/h7,9,13,16H,5-6,8,10H2,1-4H3. The SMILES string of the molecule is CCCC(COC)NCc1cnc2c(c1)c(C)nn2C. The van der Waals surface area contributed by atoms with Gasteiger partial charge >= 0.3 is 0 Å². The molecule has 20 heavy (non-hydrogen) atoms. The van der Waals surface area contributed by atoms with Gasteiger partial charge in [-0.2, -0.15) is 5.10 Å². The molecule has 1 N–H and O–H groups in total. The number of aromatic nitrogens is 3. The first-order valence-corrected chi connectivity index (χ1v) is 7.16. The Morgan fingerprint density at radius 1 is 1.45 bits per heavy atom. The van der Waals surface area contributed by atoms with Gasteiger partial charge < -0.3 is 10.1 Å². The lowest BCUT2D eigenvalue weighted by Gasteiger charge is -2.17. The molecule has 0 spiro atoms. The molecule has 0 aliphatic rings. The van der Waals surface area contributed by atoms with E-state index in [0.717, 1.165) is 42.7 Å². The molecule has 0 aromatic carbocycles. The molecule has 0 saturated carbocycles. The normalized spacial score (nSPS) is 13.0. The Morgan fingerprint density at radius 3 is 2.95 bits per heavy atom. The largest absolute Gasteiger partial charge is 0.383 e. The van der Waals surface area contributed by atoms with E-state index in [9.17, 15) is 0 Å². The summed E-state index contributed by atoms with van der Waals surface area (Å²) < 4.78 is 7.07. The second-order valence-electron chi connectivity index (χ2n) is 5.25. The molecule has 0 fully saturated rings. The lowest BCUT2D eigenvalue weighted by atomic mass is 10.1. The number of rotatable bonds is 7. The Morgan fingerprint density at radius 2 is 2.25 bits per heavy atom. The van der Waals surface area contributed by atoms with Gasteiger partial charge in [0.1, 0.15) is 0 Å². The van der Waals surface area contributed by atoms with Gasteiger partial charge in [-0.15, -0.1) is 0 Å². The van der Waals surface area contributed by atoms with Gasteiger partial charge in [-0.05, 0) is 25.0 Å². The van der Waals surface area contributed by atoms with Gasteiger partial charge in [-0.1, -0.05) is 13.3 Å². The number of ether oxygens (including phenoxy) is 1. The molecule has 0 aliphatic carbocycles. The van der Waals surface area contributed by atoms with Gasteiger partial charge in [0, 0.05) is 38.3 Å². The predicted octanol–water partition coefficient (Wildman–Crippen LogP) is 2.18. The minimum absolute atomic E-state index is 0.399. The number of nitrogens with zero attached hydrogens (tertiary/aromatic N) is 3. The van der Waals surface area contributed by atoms with Crippen LogP contribution in [0, 0.1) is 6.92 Å². The Bertz CT molecular complexity index is 558. The second kappa shape index (κ2) is 6.81. The summed E-state index contributed by atoms with van der Waals surface area (Å²) in [4.78, 5) is 4.50. The number of fused-ring (bicyclic) bond motifs is 1. The van der Waals surface area contributed by atoms with E-state index in [-0.39, 0.29) is 0 Å². The van der Waals surface area contributed by atoms with E-state index in [4.69, 9.17) is 4.74 Å². The van der Waals surface area contributed by atoms with Crippen molar-refractivity contribution in [3.63, 3.8) is 0 Å². The molecule has 5 nitrogen and oxygen atoms in total. The third-order valence-electron chi connectivity index (χ3n) is 3.52. The Kier molecular flexibility index (Phi) is 5.09. The first kappa shape index (κ1) is 14.9. The summed E-state index contributed by atoms with van der Waals surface area (Å²) in [6.07, 6.45) is 4.20. The number of hydrogen-bond acceptors (Lipinski definition) is 4. The number of pyridine rings is 1. The lowest BCUT2D eigenvalue weighted by Crippen LogP contribution is -2.32. The van der Waals surface area contributed by atoms with Gasteiger partial charge in [0.2, 0.25) is 0 Å². The van der Waals surface area contributed by atoms with Crippen LogP contribution in [-0.2, 0) is 18.3 Å². The Labute approximate surface area is 120 Å². The van der Waals surface area contributed by atoms with Crippen molar-refractivity contribution >= 4 is 11.0 Å². The van der Waals surface area contributed by atoms with Crippen LogP contribution in [0.3, 0.4) is 0 Å². The maximum Gasteiger partial charge on any atom is 0.157 e. The summed E-state index contributed by atoms with van der Waals surface area (Å²) in [5.74, 6) is 0. The van der Waals surface area contributed by atoms with E-state index in [2.05, 4.69) is 28.4 Å². The minimum atomic E-state index is 0.399. The molecule has 5 heteroatoms. The van der Waals surface area contributed by atoms with Crippen molar-refractivity contribution < 1.29 is 4.74 Å². The molecular formula is C15H24N4O. The van der Waals surface area contributed by atoms with Gasteiger partial charge in [0.25, 0.3) is 0 Å². The molecule has 2 rings (SSSR count). The molecule has 0 bridgehead atoms. The van der Waals surface area contributed by atoms with E-state index >= 15 is 0 Å². The first-order chi connectivity index (χ1) is 9.65. The minimum Gasteiger partial charge on any atom is -0.383 e. The van der Waals surface area contributed by atoms with E-state index in [1.165, 1.54) is 5.56 Å². The highest BCUT2D eigenvalue weighted by molar-refractivity contribution is 5.78. The molecular weight excluding hydrogens is 252 g/mol. The van der Waals surface area contributed by atoms with Crippen molar-refractivity contribution in [1.29, 1.82) is 0 Å². The molecule has 0 amide bonds. The van der Waals surface area contributed by atoms with Crippen molar-refractivity contribution in [3.8, 4) is 0 Å². The number of aryl methyl sites for hydroxylation is 2.